The fourth-order valence-electron chi connectivity index (χ4n) is 6.22. The van der Waals surface area contributed by atoms with Gasteiger partial charge in [-0.3, -0.25) is 9.59 Å². The molecule has 3 aliphatic rings. The third kappa shape index (κ3) is 4.42. The Morgan fingerprint density at radius 3 is 2.49 bits per heavy atom. The predicted molar refractivity (Wildman–Crippen MR) is 150 cm³/mol. The van der Waals surface area contributed by atoms with Crippen LogP contribution in [0.2, 0.25) is 0 Å². The molecule has 2 fully saturated rings. The zero-order valence-electron chi connectivity index (χ0n) is 22.6. The maximum atomic E-state index is 15.4. The molecule has 0 radical (unpaired) electrons. The second-order valence-electron chi connectivity index (χ2n) is 11.4. The van der Waals surface area contributed by atoms with E-state index >= 15 is 8.78 Å². The summed E-state index contributed by atoms with van der Waals surface area (Å²) in [4.78, 5) is 33.4. The molecule has 7 rings (SSSR count). The van der Waals surface area contributed by atoms with Gasteiger partial charge in [0.25, 0.3) is 5.91 Å². The summed E-state index contributed by atoms with van der Waals surface area (Å²) in [6, 6.07) is 15.4. The van der Waals surface area contributed by atoms with Crippen LogP contribution in [0.5, 0.6) is 0 Å². The minimum Gasteiger partial charge on any atom is -0.371 e. The van der Waals surface area contributed by atoms with Gasteiger partial charge in [0.15, 0.2) is 5.65 Å². The topological polar surface area (TPSA) is 96.8 Å². The second kappa shape index (κ2) is 9.64. The van der Waals surface area contributed by atoms with E-state index in [4.69, 9.17) is 10.8 Å². The third-order valence-corrected chi connectivity index (χ3v) is 8.72. The molecule has 1 saturated heterocycles. The van der Waals surface area contributed by atoms with Crippen molar-refractivity contribution >= 4 is 23.1 Å². The van der Waals surface area contributed by atoms with Gasteiger partial charge in [0.2, 0.25) is 5.91 Å². The molecule has 1 aliphatic carbocycles. The van der Waals surface area contributed by atoms with Crippen LogP contribution in [0.25, 0.3) is 16.9 Å². The van der Waals surface area contributed by atoms with Gasteiger partial charge in [0, 0.05) is 42.0 Å². The lowest BCUT2D eigenvalue weighted by molar-refractivity contribution is -0.121. The maximum absolute atomic E-state index is 15.4. The molecule has 10 heteroatoms. The summed E-state index contributed by atoms with van der Waals surface area (Å²) in [7, 11) is 0. The summed E-state index contributed by atoms with van der Waals surface area (Å²) in [5.41, 5.74) is 9.81. The van der Waals surface area contributed by atoms with Gasteiger partial charge < -0.3 is 15.5 Å². The van der Waals surface area contributed by atoms with Gasteiger partial charge in [0.1, 0.15) is 17.7 Å². The van der Waals surface area contributed by atoms with E-state index in [1.54, 1.807) is 33.7 Å². The number of nitrogens with two attached hydrogens (primary N) is 1. The fourth-order valence-corrected chi connectivity index (χ4v) is 6.22. The molecule has 41 heavy (non-hydrogen) atoms. The van der Waals surface area contributed by atoms with Crippen LogP contribution in [0.3, 0.4) is 0 Å². The number of alkyl halides is 1. The number of amides is 2. The number of primary amides is 1. The Hall–Kier alpha value is -4.34. The van der Waals surface area contributed by atoms with Crippen LogP contribution in [-0.4, -0.2) is 50.9 Å². The highest BCUT2D eigenvalue weighted by molar-refractivity contribution is 5.93. The number of fused-ring (bicyclic) bond motifs is 2. The Balaban J connectivity index is 1.21. The number of carbonyl (C=O) groups excluding carboxylic acids is 2. The van der Waals surface area contributed by atoms with Crippen molar-refractivity contribution in [3.05, 3.63) is 82.9 Å². The quantitative estimate of drug-likeness (QED) is 0.375. The molecule has 3 atom stereocenters. The van der Waals surface area contributed by atoms with Crippen molar-refractivity contribution in [3.63, 3.8) is 0 Å². The molecule has 4 heterocycles. The van der Waals surface area contributed by atoms with E-state index < -0.39 is 12.0 Å². The molecule has 2 aromatic heterocycles. The molecule has 0 bridgehead atoms. The average Bonchev–Trinajstić information content (AvgIpc) is 3.52. The van der Waals surface area contributed by atoms with Crippen LogP contribution < -0.4 is 10.6 Å². The first-order chi connectivity index (χ1) is 19.8. The Morgan fingerprint density at radius 1 is 1.00 bits per heavy atom. The van der Waals surface area contributed by atoms with E-state index in [-0.39, 0.29) is 41.9 Å². The molecule has 1 saturated carbocycles. The number of carbonyl (C=O) groups is 2. The zero-order valence-corrected chi connectivity index (χ0v) is 22.6. The van der Waals surface area contributed by atoms with E-state index in [0.717, 1.165) is 24.1 Å². The predicted octanol–water partition coefficient (Wildman–Crippen LogP) is 4.95. The van der Waals surface area contributed by atoms with Gasteiger partial charge in [-0.15, -0.1) is 0 Å². The van der Waals surface area contributed by atoms with Crippen LogP contribution in [0.15, 0.2) is 54.6 Å². The van der Waals surface area contributed by atoms with Gasteiger partial charge in [0.05, 0.1) is 24.2 Å². The number of anilines is 1. The largest absolute Gasteiger partial charge is 0.371 e. The first-order valence-electron chi connectivity index (χ1n) is 14.1. The molecule has 4 aromatic rings. The molecule has 8 nitrogen and oxygen atoms in total. The Kier molecular flexibility index (Phi) is 6.02. The molecular weight excluding hydrogens is 526 g/mol. The number of aromatic nitrogens is 3. The van der Waals surface area contributed by atoms with Crippen LogP contribution in [0, 0.1) is 11.7 Å². The lowest BCUT2D eigenvalue weighted by Crippen LogP contribution is -2.40. The SMILES string of the molecule is C[C@@H]1c2ccccc2C(F)CN1C(=O)c1cc(C2CC2)n2nc(-c3ccc(N4CC[C@H](C(N)=O)C4)cc3F)cc2n1. The second-order valence-corrected chi connectivity index (χ2v) is 11.4. The van der Waals surface area contributed by atoms with E-state index in [1.165, 1.54) is 6.07 Å². The van der Waals surface area contributed by atoms with Crippen molar-refractivity contribution in [3.8, 4) is 11.3 Å². The Bertz CT molecular complexity index is 1700. The van der Waals surface area contributed by atoms with Crippen molar-refractivity contribution in [1.29, 1.82) is 0 Å². The van der Waals surface area contributed by atoms with Crippen molar-refractivity contribution < 1.29 is 18.4 Å². The number of hydrogen-bond donors (Lipinski definition) is 1. The molecule has 210 valence electrons. The van der Waals surface area contributed by atoms with Gasteiger partial charge in [-0.25, -0.2) is 18.3 Å². The smallest absolute Gasteiger partial charge is 0.273 e. The average molecular weight is 557 g/mol. The molecule has 2 aromatic carbocycles. The highest BCUT2D eigenvalue weighted by Gasteiger charge is 2.36. The monoisotopic (exact) mass is 556 g/mol. The van der Waals surface area contributed by atoms with E-state index in [1.807, 2.05) is 36.1 Å². The van der Waals surface area contributed by atoms with Gasteiger partial charge in [-0.2, -0.15) is 5.10 Å². The van der Waals surface area contributed by atoms with Crippen molar-refractivity contribution in [2.75, 3.05) is 24.5 Å². The molecule has 1 unspecified atom stereocenters. The van der Waals surface area contributed by atoms with Crippen LogP contribution in [-0.2, 0) is 4.79 Å². The minimum atomic E-state index is -1.27. The van der Waals surface area contributed by atoms with Crippen molar-refractivity contribution in [2.45, 2.75) is 44.3 Å². The van der Waals surface area contributed by atoms with Gasteiger partial charge in [-0.05, 0) is 61.6 Å². The third-order valence-electron chi connectivity index (χ3n) is 8.72. The summed E-state index contributed by atoms with van der Waals surface area (Å²) in [6.45, 7) is 2.97. The van der Waals surface area contributed by atoms with Crippen LogP contribution in [0.1, 0.15) is 71.6 Å². The highest BCUT2D eigenvalue weighted by Crippen LogP contribution is 2.42. The zero-order chi connectivity index (χ0) is 28.4. The standard InChI is InChI=1S/C31H30F2N6O2/c1-17-21-4-2-3-5-22(21)25(33)16-38(17)31(41)27-13-28(18-6-7-18)39-29(35-27)14-26(36-39)23-9-8-20(12-24(23)32)37-11-10-19(15-37)30(34)40/h2-5,8-9,12-14,17-19,25H,6-7,10-11,15-16H2,1H3,(H2,34,40)/t17-,19+,25?/m1/s1. The summed E-state index contributed by atoms with van der Waals surface area (Å²) in [5, 5.41) is 4.69. The van der Waals surface area contributed by atoms with Gasteiger partial charge >= 0.3 is 0 Å². The number of halogens is 2. The lowest BCUT2D eigenvalue weighted by atomic mass is 9.92. The number of hydrogen-bond acceptors (Lipinski definition) is 5. The fraction of sp³-hybridized carbons (Fsp3) is 0.355. The minimum absolute atomic E-state index is 0.0398. The molecular formula is C31H30F2N6O2. The first-order valence-corrected chi connectivity index (χ1v) is 14.1. The normalized spacial score (nSPS) is 22.3. The summed E-state index contributed by atoms with van der Waals surface area (Å²) >= 11 is 0. The summed E-state index contributed by atoms with van der Waals surface area (Å²) in [5.74, 6) is -1.12. The number of benzene rings is 2. The first kappa shape index (κ1) is 25.6. The van der Waals surface area contributed by atoms with E-state index in [0.29, 0.717) is 47.7 Å². The summed E-state index contributed by atoms with van der Waals surface area (Å²) in [6.07, 6.45) is 1.31. The maximum Gasteiger partial charge on any atom is 0.273 e. The molecule has 2 amide bonds. The van der Waals surface area contributed by atoms with Crippen molar-refractivity contribution in [2.24, 2.45) is 11.7 Å². The van der Waals surface area contributed by atoms with E-state index in [9.17, 15) is 9.59 Å². The number of rotatable bonds is 5. The van der Waals surface area contributed by atoms with Crippen LogP contribution in [0.4, 0.5) is 14.5 Å². The molecule has 2 aliphatic heterocycles. The molecule has 2 N–H and O–H groups in total. The molecule has 0 spiro atoms. The lowest BCUT2D eigenvalue weighted by Gasteiger charge is -2.36. The van der Waals surface area contributed by atoms with Gasteiger partial charge in [-0.1, -0.05) is 24.3 Å². The van der Waals surface area contributed by atoms with Crippen LogP contribution >= 0.6 is 0 Å². The Labute approximate surface area is 235 Å². The number of nitrogens with zero attached hydrogens (tertiary/aromatic N) is 5. The Morgan fingerprint density at radius 2 is 1.78 bits per heavy atom. The van der Waals surface area contributed by atoms with Crippen molar-refractivity contribution in [1.82, 2.24) is 19.5 Å². The summed E-state index contributed by atoms with van der Waals surface area (Å²) < 4.78 is 32.2. The van der Waals surface area contributed by atoms with E-state index in [2.05, 4.69) is 4.98 Å². The highest BCUT2D eigenvalue weighted by atomic mass is 19.1.